The van der Waals surface area contributed by atoms with E-state index in [2.05, 4.69) is 43.5 Å². The van der Waals surface area contributed by atoms with Gasteiger partial charge in [-0.1, -0.05) is 27.2 Å². The highest BCUT2D eigenvalue weighted by atomic mass is 32.1. The number of rotatable bonds is 4. The lowest BCUT2D eigenvalue weighted by Crippen LogP contribution is -2.32. The first kappa shape index (κ1) is 14.6. The van der Waals surface area contributed by atoms with Gasteiger partial charge < -0.3 is 5.32 Å². The summed E-state index contributed by atoms with van der Waals surface area (Å²) in [7, 11) is 0. The molecule has 1 aromatic heterocycles. The summed E-state index contributed by atoms with van der Waals surface area (Å²) in [5.74, 6) is 2.66. The maximum Gasteiger partial charge on any atom is 0.0443 e. The van der Waals surface area contributed by atoms with Crippen LogP contribution in [0.5, 0.6) is 0 Å². The van der Waals surface area contributed by atoms with Crippen molar-refractivity contribution < 1.29 is 0 Å². The number of nitrogens with one attached hydrogen (secondary N) is 1. The van der Waals surface area contributed by atoms with Gasteiger partial charge in [-0.25, -0.2) is 0 Å². The molecule has 112 valence electrons. The van der Waals surface area contributed by atoms with E-state index in [9.17, 15) is 0 Å². The Bertz CT molecular complexity index is 429. The topological polar surface area (TPSA) is 12.0 Å². The fraction of sp³-hybridized carbons (Fsp3) is 0.778. The summed E-state index contributed by atoms with van der Waals surface area (Å²) in [5.41, 5.74) is 1.66. The zero-order valence-corrected chi connectivity index (χ0v) is 14.1. The van der Waals surface area contributed by atoms with Crippen LogP contribution >= 0.6 is 11.3 Å². The molecule has 0 aliphatic heterocycles. The molecule has 3 rings (SSSR count). The van der Waals surface area contributed by atoms with E-state index in [4.69, 9.17) is 0 Å². The van der Waals surface area contributed by atoms with E-state index in [1.54, 1.807) is 15.3 Å². The molecule has 0 spiro atoms. The zero-order chi connectivity index (χ0) is 14.1. The molecule has 2 aliphatic rings. The van der Waals surface area contributed by atoms with Crippen molar-refractivity contribution in [3.8, 4) is 0 Å². The van der Waals surface area contributed by atoms with E-state index in [0.717, 1.165) is 24.3 Å². The fourth-order valence-corrected chi connectivity index (χ4v) is 5.54. The number of hydrogen-bond acceptors (Lipinski definition) is 2. The lowest BCUT2D eigenvalue weighted by atomic mass is 9.73. The monoisotopic (exact) mass is 291 g/mol. The first-order valence-electron chi connectivity index (χ1n) is 8.54. The average Bonchev–Trinajstić information content (AvgIpc) is 3.00. The number of hydrogen-bond donors (Lipinski definition) is 1. The van der Waals surface area contributed by atoms with Crippen molar-refractivity contribution in [2.45, 2.75) is 65.3 Å². The molecule has 4 unspecified atom stereocenters. The third-order valence-electron chi connectivity index (χ3n) is 5.61. The average molecular weight is 292 g/mol. The largest absolute Gasteiger partial charge is 0.309 e. The minimum Gasteiger partial charge on any atom is -0.309 e. The molecule has 2 aliphatic carbocycles. The van der Waals surface area contributed by atoms with Gasteiger partial charge in [-0.3, -0.25) is 0 Å². The molecule has 1 aromatic rings. The lowest BCUT2D eigenvalue weighted by Gasteiger charge is -2.36. The Morgan fingerprint density at radius 3 is 2.80 bits per heavy atom. The van der Waals surface area contributed by atoms with Crippen molar-refractivity contribution in [1.82, 2.24) is 5.32 Å². The van der Waals surface area contributed by atoms with Crippen molar-refractivity contribution in [1.29, 1.82) is 0 Å². The van der Waals surface area contributed by atoms with E-state index < -0.39 is 0 Å². The van der Waals surface area contributed by atoms with Crippen molar-refractivity contribution in [3.05, 3.63) is 21.4 Å². The third kappa shape index (κ3) is 2.82. The molecule has 1 N–H and O–H groups in total. The van der Waals surface area contributed by atoms with Gasteiger partial charge in [-0.05, 0) is 68.0 Å². The number of thiophene rings is 1. The van der Waals surface area contributed by atoms with Gasteiger partial charge in [0.2, 0.25) is 0 Å². The van der Waals surface area contributed by atoms with Gasteiger partial charge in [0.15, 0.2) is 0 Å². The first-order valence-corrected chi connectivity index (χ1v) is 9.35. The highest BCUT2D eigenvalue weighted by molar-refractivity contribution is 7.12. The Morgan fingerprint density at radius 2 is 2.10 bits per heavy atom. The maximum absolute atomic E-state index is 3.80. The Hall–Kier alpha value is -0.340. The number of aryl methyl sites for hydroxylation is 2. The normalized spacial score (nSPS) is 31.2. The molecule has 2 heteroatoms. The Balaban J connectivity index is 1.77. The fourth-order valence-electron chi connectivity index (χ4n) is 4.12. The summed E-state index contributed by atoms with van der Waals surface area (Å²) in [6.07, 6.45) is 8.26. The summed E-state index contributed by atoms with van der Waals surface area (Å²) in [6, 6.07) is 3.15. The second-order valence-electron chi connectivity index (χ2n) is 7.01. The van der Waals surface area contributed by atoms with Gasteiger partial charge in [-0.15, -0.1) is 11.3 Å². The van der Waals surface area contributed by atoms with Crippen LogP contribution in [0.1, 0.15) is 67.8 Å². The molecule has 0 aromatic carbocycles. The molecule has 20 heavy (non-hydrogen) atoms. The summed E-state index contributed by atoms with van der Waals surface area (Å²) in [6.45, 7) is 8.23. The van der Waals surface area contributed by atoms with Crippen molar-refractivity contribution in [2.24, 2.45) is 17.8 Å². The third-order valence-corrected chi connectivity index (χ3v) is 6.93. The summed E-state index contributed by atoms with van der Waals surface area (Å²) in [4.78, 5) is 3.31. The maximum atomic E-state index is 3.80. The standard InChI is InChI=1S/C18H29NS/c1-4-19-18(15-9-8-12(2)13(3)10-15)17-11-14-6-5-7-16(14)20-17/h11-13,15,18-19H,4-10H2,1-3H3. The predicted molar refractivity (Wildman–Crippen MR) is 88.4 cm³/mol. The molecular weight excluding hydrogens is 262 g/mol. The second-order valence-corrected chi connectivity index (χ2v) is 8.18. The molecule has 1 saturated carbocycles. The molecule has 4 atom stereocenters. The van der Waals surface area contributed by atoms with E-state index >= 15 is 0 Å². The van der Waals surface area contributed by atoms with Crippen LogP contribution in [-0.4, -0.2) is 6.54 Å². The van der Waals surface area contributed by atoms with Gasteiger partial charge in [0.1, 0.15) is 0 Å². The smallest absolute Gasteiger partial charge is 0.0443 e. The van der Waals surface area contributed by atoms with Gasteiger partial charge in [0.25, 0.3) is 0 Å². The predicted octanol–water partition coefficient (Wildman–Crippen LogP) is 4.96. The van der Waals surface area contributed by atoms with Gasteiger partial charge in [-0.2, -0.15) is 0 Å². The molecular formula is C18H29NS. The van der Waals surface area contributed by atoms with Gasteiger partial charge in [0, 0.05) is 15.8 Å². The minimum absolute atomic E-state index is 0.616. The Labute approximate surface area is 128 Å². The van der Waals surface area contributed by atoms with E-state index in [1.807, 2.05) is 0 Å². The SMILES string of the molecule is CCNC(c1cc2c(s1)CCC2)C1CCC(C)C(C)C1. The first-order chi connectivity index (χ1) is 9.69. The Kier molecular flexibility index (Phi) is 4.52. The van der Waals surface area contributed by atoms with E-state index in [0.29, 0.717) is 6.04 Å². The lowest BCUT2D eigenvalue weighted by molar-refractivity contribution is 0.173. The molecule has 1 fully saturated rings. The second kappa shape index (κ2) is 6.19. The van der Waals surface area contributed by atoms with Crippen molar-refractivity contribution in [2.75, 3.05) is 6.54 Å². The van der Waals surface area contributed by atoms with Crippen LogP contribution in [0.25, 0.3) is 0 Å². The molecule has 0 saturated heterocycles. The molecule has 0 radical (unpaired) electrons. The van der Waals surface area contributed by atoms with Crippen LogP contribution in [-0.2, 0) is 12.8 Å². The van der Waals surface area contributed by atoms with Gasteiger partial charge in [0.05, 0.1) is 0 Å². The van der Waals surface area contributed by atoms with Crippen LogP contribution < -0.4 is 5.32 Å². The van der Waals surface area contributed by atoms with Crippen LogP contribution in [0.4, 0.5) is 0 Å². The summed E-state index contributed by atoms with van der Waals surface area (Å²) < 4.78 is 0. The summed E-state index contributed by atoms with van der Waals surface area (Å²) in [5, 5.41) is 3.80. The van der Waals surface area contributed by atoms with Gasteiger partial charge >= 0.3 is 0 Å². The molecule has 1 heterocycles. The van der Waals surface area contributed by atoms with Crippen LogP contribution in [0.15, 0.2) is 6.07 Å². The van der Waals surface area contributed by atoms with E-state index in [-0.39, 0.29) is 0 Å². The van der Waals surface area contributed by atoms with Crippen LogP contribution in [0, 0.1) is 17.8 Å². The highest BCUT2D eigenvalue weighted by Gasteiger charge is 2.32. The summed E-state index contributed by atoms with van der Waals surface area (Å²) >= 11 is 2.10. The zero-order valence-electron chi connectivity index (χ0n) is 13.2. The van der Waals surface area contributed by atoms with E-state index in [1.165, 1.54) is 38.5 Å². The quantitative estimate of drug-likeness (QED) is 0.826. The van der Waals surface area contributed by atoms with Crippen molar-refractivity contribution in [3.63, 3.8) is 0 Å². The van der Waals surface area contributed by atoms with Crippen molar-refractivity contribution >= 4 is 11.3 Å². The molecule has 0 amide bonds. The molecule has 0 bridgehead atoms. The van der Waals surface area contributed by atoms with Crippen LogP contribution in [0.2, 0.25) is 0 Å². The van der Waals surface area contributed by atoms with Crippen LogP contribution in [0.3, 0.4) is 0 Å². The minimum atomic E-state index is 0.616. The highest BCUT2D eigenvalue weighted by Crippen LogP contribution is 2.43. The molecule has 1 nitrogen and oxygen atoms in total. The number of fused-ring (bicyclic) bond motifs is 1. The Morgan fingerprint density at radius 1 is 1.25 bits per heavy atom.